The summed E-state index contributed by atoms with van der Waals surface area (Å²) in [5.74, 6) is -0.308. The van der Waals surface area contributed by atoms with E-state index in [1.54, 1.807) is 30.5 Å². The second-order valence-electron chi connectivity index (χ2n) is 5.54. The molecule has 1 heterocycles. The Hall–Kier alpha value is -2.18. The maximum Gasteiger partial charge on any atom is 0.256 e. The topological polar surface area (TPSA) is 46.9 Å². The van der Waals surface area contributed by atoms with Crippen LogP contribution in [-0.4, -0.2) is 15.7 Å². The Morgan fingerprint density at radius 2 is 2.00 bits per heavy atom. The van der Waals surface area contributed by atoms with Crippen LogP contribution < -0.4 is 5.32 Å². The first kappa shape index (κ1) is 17.6. The number of hydrogen-bond acceptors (Lipinski definition) is 2. The van der Waals surface area contributed by atoms with E-state index in [-0.39, 0.29) is 12.5 Å². The molecule has 4 nitrogen and oxygen atoms in total. The van der Waals surface area contributed by atoms with Crippen molar-refractivity contribution >= 4 is 39.3 Å². The quantitative estimate of drug-likeness (QED) is 0.640. The second-order valence-corrected chi connectivity index (χ2v) is 6.81. The molecule has 3 rings (SSSR count). The number of aromatic nitrogens is 2. The molecule has 0 radical (unpaired) electrons. The first-order valence-electron chi connectivity index (χ1n) is 7.48. The van der Waals surface area contributed by atoms with Crippen molar-refractivity contribution in [3.05, 3.63) is 80.7 Å². The van der Waals surface area contributed by atoms with Gasteiger partial charge in [-0.25, -0.2) is 4.39 Å². The van der Waals surface area contributed by atoms with Crippen molar-refractivity contribution in [2.45, 2.75) is 13.5 Å². The number of amides is 1. The zero-order chi connectivity index (χ0) is 18.0. The zero-order valence-corrected chi connectivity index (χ0v) is 15.6. The van der Waals surface area contributed by atoms with Gasteiger partial charge in [-0.1, -0.05) is 35.4 Å². The fourth-order valence-corrected chi connectivity index (χ4v) is 2.93. The maximum absolute atomic E-state index is 13.9. The van der Waals surface area contributed by atoms with Crippen LogP contribution >= 0.6 is 27.5 Å². The summed E-state index contributed by atoms with van der Waals surface area (Å²) in [5, 5.41) is 7.35. The van der Waals surface area contributed by atoms with Gasteiger partial charge < -0.3 is 5.32 Å². The fourth-order valence-electron chi connectivity index (χ4n) is 2.29. The van der Waals surface area contributed by atoms with Crippen LogP contribution in [0.5, 0.6) is 0 Å². The highest BCUT2D eigenvalue weighted by Gasteiger charge is 2.14. The Bertz CT molecular complexity index is 904. The van der Waals surface area contributed by atoms with Gasteiger partial charge in [-0.2, -0.15) is 5.10 Å². The van der Waals surface area contributed by atoms with E-state index < -0.39 is 5.82 Å². The predicted octanol–water partition coefficient (Wildman–Crippen LogP) is 5.05. The van der Waals surface area contributed by atoms with E-state index in [9.17, 15) is 9.18 Å². The fraction of sp³-hybridized carbons (Fsp3) is 0.111. The molecule has 1 amide bonds. The van der Waals surface area contributed by atoms with E-state index in [0.717, 1.165) is 5.56 Å². The molecule has 128 valence electrons. The highest BCUT2D eigenvalue weighted by Crippen LogP contribution is 2.24. The van der Waals surface area contributed by atoms with Gasteiger partial charge in [0.15, 0.2) is 5.82 Å². The average molecular weight is 423 g/mol. The number of anilines is 1. The van der Waals surface area contributed by atoms with Crippen molar-refractivity contribution in [3.63, 3.8) is 0 Å². The van der Waals surface area contributed by atoms with Crippen LogP contribution in [0.25, 0.3) is 0 Å². The van der Waals surface area contributed by atoms with Gasteiger partial charge >= 0.3 is 0 Å². The first-order valence-corrected chi connectivity index (χ1v) is 8.65. The summed E-state index contributed by atoms with van der Waals surface area (Å²) in [4.78, 5) is 12.3. The van der Waals surface area contributed by atoms with Crippen molar-refractivity contribution in [2.24, 2.45) is 0 Å². The normalized spacial score (nSPS) is 10.7. The molecule has 0 atom stereocenters. The van der Waals surface area contributed by atoms with Crippen LogP contribution in [0.4, 0.5) is 10.2 Å². The van der Waals surface area contributed by atoms with E-state index in [1.165, 1.54) is 10.7 Å². The molecule has 0 aliphatic rings. The Kier molecular flexibility index (Phi) is 5.20. The van der Waals surface area contributed by atoms with E-state index in [1.807, 2.05) is 19.1 Å². The van der Waals surface area contributed by atoms with Crippen molar-refractivity contribution < 1.29 is 9.18 Å². The molecule has 0 saturated carbocycles. The van der Waals surface area contributed by atoms with Crippen LogP contribution in [0.1, 0.15) is 21.5 Å². The van der Waals surface area contributed by atoms with Gasteiger partial charge in [0.05, 0.1) is 11.0 Å². The number of carbonyl (C=O) groups is 1. The molecule has 1 aromatic heterocycles. The van der Waals surface area contributed by atoms with Gasteiger partial charge in [0.2, 0.25) is 0 Å². The molecular weight excluding hydrogens is 409 g/mol. The lowest BCUT2D eigenvalue weighted by atomic mass is 10.1. The van der Waals surface area contributed by atoms with Crippen LogP contribution in [0.3, 0.4) is 0 Å². The minimum absolute atomic E-state index is 0.157. The van der Waals surface area contributed by atoms with Gasteiger partial charge in [-0.3, -0.25) is 9.48 Å². The molecule has 0 unspecified atom stereocenters. The number of benzene rings is 2. The molecular formula is C18H14BrClFN3O. The number of nitrogens with one attached hydrogen (secondary N) is 1. The molecule has 25 heavy (non-hydrogen) atoms. The summed E-state index contributed by atoms with van der Waals surface area (Å²) >= 11 is 9.40. The molecule has 1 N–H and O–H groups in total. The van der Waals surface area contributed by atoms with Crippen LogP contribution in [-0.2, 0) is 6.54 Å². The first-order chi connectivity index (χ1) is 11.9. The predicted molar refractivity (Wildman–Crippen MR) is 99.6 cm³/mol. The summed E-state index contributed by atoms with van der Waals surface area (Å²) in [7, 11) is 0. The number of aryl methyl sites for hydroxylation is 1. The van der Waals surface area contributed by atoms with Crippen LogP contribution in [0.2, 0.25) is 5.02 Å². The maximum atomic E-state index is 13.9. The Balaban J connectivity index is 1.78. The lowest BCUT2D eigenvalue weighted by molar-refractivity contribution is 0.102. The molecule has 0 fully saturated rings. The molecule has 7 heteroatoms. The minimum atomic E-state index is -0.399. The third-order valence-corrected chi connectivity index (χ3v) is 4.58. The lowest BCUT2D eigenvalue weighted by Gasteiger charge is -2.06. The van der Waals surface area contributed by atoms with Crippen molar-refractivity contribution in [3.8, 4) is 0 Å². The summed E-state index contributed by atoms with van der Waals surface area (Å²) < 4.78 is 16.0. The zero-order valence-electron chi connectivity index (χ0n) is 13.3. The van der Waals surface area contributed by atoms with E-state index in [0.29, 0.717) is 26.4 Å². The molecule has 0 bridgehead atoms. The van der Waals surface area contributed by atoms with E-state index in [2.05, 4.69) is 26.3 Å². The SMILES string of the molecule is Cc1ccc(C(=O)Nc2nn(Cc3c(F)cccc3Cl)cc2Br)cc1. The van der Waals surface area contributed by atoms with E-state index in [4.69, 9.17) is 11.6 Å². The lowest BCUT2D eigenvalue weighted by Crippen LogP contribution is -2.13. The van der Waals surface area contributed by atoms with Gasteiger partial charge in [0, 0.05) is 22.3 Å². The van der Waals surface area contributed by atoms with Crippen LogP contribution in [0, 0.1) is 12.7 Å². The van der Waals surface area contributed by atoms with Gasteiger partial charge in [0.25, 0.3) is 5.91 Å². The highest BCUT2D eigenvalue weighted by atomic mass is 79.9. The van der Waals surface area contributed by atoms with Gasteiger partial charge in [-0.15, -0.1) is 0 Å². The number of rotatable bonds is 4. The van der Waals surface area contributed by atoms with E-state index >= 15 is 0 Å². The molecule has 0 saturated heterocycles. The number of halogens is 3. The summed E-state index contributed by atoms with van der Waals surface area (Å²) in [6, 6.07) is 11.7. The highest BCUT2D eigenvalue weighted by molar-refractivity contribution is 9.10. The number of nitrogens with zero attached hydrogens (tertiary/aromatic N) is 2. The van der Waals surface area contributed by atoms with Gasteiger partial charge in [-0.05, 0) is 47.1 Å². The number of hydrogen-bond donors (Lipinski definition) is 1. The average Bonchev–Trinajstić information content (AvgIpc) is 2.91. The van der Waals surface area contributed by atoms with Crippen molar-refractivity contribution in [1.29, 1.82) is 0 Å². The molecule has 0 aliphatic carbocycles. The Morgan fingerprint density at radius 3 is 2.68 bits per heavy atom. The molecule has 0 aliphatic heterocycles. The largest absolute Gasteiger partial charge is 0.304 e. The van der Waals surface area contributed by atoms with Gasteiger partial charge in [0.1, 0.15) is 5.82 Å². The molecule has 2 aromatic carbocycles. The third kappa shape index (κ3) is 4.08. The number of carbonyl (C=O) groups excluding carboxylic acids is 1. The van der Waals surface area contributed by atoms with Crippen molar-refractivity contribution in [1.82, 2.24) is 9.78 Å². The third-order valence-electron chi connectivity index (χ3n) is 3.64. The second kappa shape index (κ2) is 7.37. The summed E-state index contributed by atoms with van der Waals surface area (Å²) in [5.41, 5.74) is 1.95. The van der Waals surface area contributed by atoms with Crippen LogP contribution in [0.15, 0.2) is 53.1 Å². The standard InChI is InChI=1S/C18H14BrClFN3O/c1-11-5-7-12(8-6-11)18(25)22-17-14(19)10-24(23-17)9-13-15(20)3-2-4-16(13)21/h2-8,10H,9H2,1H3,(H,22,23,25). The minimum Gasteiger partial charge on any atom is -0.304 e. The Labute approximate surface area is 157 Å². The summed E-state index contributed by atoms with van der Waals surface area (Å²) in [6.45, 7) is 2.11. The van der Waals surface area contributed by atoms with Crippen molar-refractivity contribution in [2.75, 3.05) is 5.32 Å². The molecule has 3 aromatic rings. The Morgan fingerprint density at radius 1 is 1.28 bits per heavy atom. The monoisotopic (exact) mass is 421 g/mol. The smallest absolute Gasteiger partial charge is 0.256 e. The summed E-state index contributed by atoms with van der Waals surface area (Å²) in [6.07, 6.45) is 1.66. The molecule has 0 spiro atoms.